The van der Waals surface area contributed by atoms with Gasteiger partial charge < -0.3 is 49.5 Å². The molecule has 1 atom stereocenters. The van der Waals surface area contributed by atoms with Crippen molar-refractivity contribution in [3.05, 3.63) is 42.0 Å². The molecule has 5 amide bonds. The van der Waals surface area contributed by atoms with Gasteiger partial charge in [-0.1, -0.05) is 26.0 Å². The maximum atomic E-state index is 12.6. The van der Waals surface area contributed by atoms with Gasteiger partial charge in [0.15, 0.2) is 0 Å². The van der Waals surface area contributed by atoms with Crippen LogP contribution in [0.15, 0.2) is 36.4 Å². The normalized spacial score (nSPS) is 13.3. The van der Waals surface area contributed by atoms with Crippen molar-refractivity contribution in [3.63, 3.8) is 0 Å². The third-order valence-corrected chi connectivity index (χ3v) is 6.80. The highest BCUT2D eigenvalue weighted by Gasteiger charge is 2.24. The number of imide groups is 1. The van der Waals surface area contributed by atoms with E-state index in [-0.39, 0.29) is 63.0 Å². The van der Waals surface area contributed by atoms with E-state index < -0.39 is 17.9 Å². The third-order valence-electron chi connectivity index (χ3n) is 6.80. The lowest BCUT2D eigenvalue weighted by Crippen LogP contribution is -2.51. The molecule has 1 aromatic carbocycles. The predicted octanol–water partition coefficient (Wildman–Crippen LogP) is -0.211. The topological polar surface area (TPSA) is 200 Å². The summed E-state index contributed by atoms with van der Waals surface area (Å²) < 4.78 is 32.5. The quantitative estimate of drug-likeness (QED) is 0.0666. The highest BCUT2D eigenvalue weighted by Crippen LogP contribution is 2.09. The Labute approximate surface area is 286 Å². The first-order valence-electron chi connectivity index (χ1n) is 16.3. The molecule has 0 bridgehead atoms. The molecule has 49 heavy (non-hydrogen) atoms. The Kier molecular flexibility index (Phi) is 21.3. The van der Waals surface area contributed by atoms with Crippen molar-refractivity contribution in [2.75, 3.05) is 97.7 Å². The molecule has 0 saturated carbocycles. The number of nitrogens with zero attached hydrogens (tertiary/aromatic N) is 1. The first kappa shape index (κ1) is 41.4. The second kappa shape index (κ2) is 25.2. The molecule has 1 aliphatic rings. The smallest absolute Gasteiger partial charge is 0.253 e. The van der Waals surface area contributed by atoms with E-state index in [0.717, 1.165) is 4.90 Å². The van der Waals surface area contributed by atoms with E-state index >= 15 is 0 Å². The van der Waals surface area contributed by atoms with Crippen molar-refractivity contribution in [2.45, 2.75) is 32.9 Å². The van der Waals surface area contributed by atoms with Crippen LogP contribution in [0.25, 0.3) is 0 Å². The summed E-state index contributed by atoms with van der Waals surface area (Å²) in [6, 6.07) is 5.86. The third kappa shape index (κ3) is 18.5. The van der Waals surface area contributed by atoms with Gasteiger partial charge in [-0.05, 0) is 23.6 Å². The van der Waals surface area contributed by atoms with Gasteiger partial charge in [0.25, 0.3) is 11.8 Å². The summed E-state index contributed by atoms with van der Waals surface area (Å²) in [7, 11) is 0. The number of carbonyl (C=O) groups is 5. The zero-order valence-corrected chi connectivity index (χ0v) is 28.3. The van der Waals surface area contributed by atoms with Crippen LogP contribution in [-0.2, 0) is 59.0 Å². The van der Waals surface area contributed by atoms with Crippen LogP contribution in [0.5, 0.6) is 0 Å². The second-order valence-electron chi connectivity index (χ2n) is 11.0. The fourth-order valence-corrected chi connectivity index (χ4v) is 4.13. The zero-order valence-electron chi connectivity index (χ0n) is 28.3. The average molecular weight is 695 g/mol. The summed E-state index contributed by atoms with van der Waals surface area (Å²) in [6.07, 6.45) is 2.54. The van der Waals surface area contributed by atoms with Crippen LogP contribution >= 0.6 is 0 Å². The van der Waals surface area contributed by atoms with Crippen LogP contribution in [0.4, 0.5) is 5.69 Å². The zero-order chi connectivity index (χ0) is 35.7. The van der Waals surface area contributed by atoms with Crippen molar-refractivity contribution in [1.29, 1.82) is 0 Å². The molecule has 2 rings (SSSR count). The number of aliphatic hydroxyl groups is 1. The molecule has 16 heteroatoms. The van der Waals surface area contributed by atoms with Gasteiger partial charge in [-0.3, -0.25) is 28.9 Å². The predicted molar refractivity (Wildman–Crippen MR) is 176 cm³/mol. The molecule has 274 valence electrons. The lowest BCUT2D eigenvalue weighted by atomic mass is 10.0. The molecule has 1 aliphatic heterocycles. The van der Waals surface area contributed by atoms with Crippen molar-refractivity contribution in [2.24, 2.45) is 5.92 Å². The van der Waals surface area contributed by atoms with Crippen molar-refractivity contribution < 1.29 is 57.5 Å². The van der Waals surface area contributed by atoms with E-state index in [1.165, 1.54) is 12.2 Å². The Hall–Kier alpha value is -3.77. The van der Waals surface area contributed by atoms with E-state index in [9.17, 15) is 24.0 Å². The van der Waals surface area contributed by atoms with Gasteiger partial charge in [0.1, 0.15) is 6.04 Å². The van der Waals surface area contributed by atoms with E-state index in [1.807, 2.05) is 0 Å². The first-order valence-corrected chi connectivity index (χ1v) is 16.3. The monoisotopic (exact) mass is 694 g/mol. The molecule has 1 aromatic rings. The standard InChI is InChI=1S/C33H50N4O12/c1-25(2)32(33(43)34-23-29(40)35-27-5-3-26(24-38)4-6-27)36-28(39)9-11-44-13-15-46-17-19-48-21-22-49-20-18-47-16-14-45-12-10-37-30(41)7-8-31(37)42/h3-8,25,32,38H,9-24H2,1-2H3,(H,34,43)(H,35,40)(H,36,39)/t32-/m0/s1. The number of anilines is 1. The maximum Gasteiger partial charge on any atom is 0.253 e. The first-order chi connectivity index (χ1) is 23.7. The molecule has 16 nitrogen and oxygen atoms in total. The van der Waals surface area contributed by atoms with Gasteiger partial charge in [-0.25, -0.2) is 0 Å². The van der Waals surface area contributed by atoms with Crippen LogP contribution in [0, 0.1) is 5.92 Å². The van der Waals surface area contributed by atoms with Crippen LogP contribution < -0.4 is 16.0 Å². The van der Waals surface area contributed by atoms with E-state index in [4.69, 9.17) is 33.5 Å². The summed E-state index contributed by atoms with van der Waals surface area (Å²) >= 11 is 0. The molecule has 0 saturated heterocycles. The molecule has 0 fully saturated rings. The molecule has 1 heterocycles. The number of hydrogen-bond acceptors (Lipinski definition) is 12. The summed E-state index contributed by atoms with van der Waals surface area (Å²) in [5, 5.41) is 17.0. The second-order valence-corrected chi connectivity index (χ2v) is 11.0. The number of nitrogens with one attached hydrogen (secondary N) is 3. The Morgan fingerprint density at radius 3 is 1.63 bits per heavy atom. The molecule has 0 aromatic heterocycles. The van der Waals surface area contributed by atoms with Gasteiger partial charge in [0.05, 0.1) is 99.0 Å². The lowest BCUT2D eigenvalue weighted by molar-refractivity contribution is -0.137. The number of rotatable bonds is 28. The average Bonchev–Trinajstić information content (AvgIpc) is 3.41. The van der Waals surface area contributed by atoms with Crippen LogP contribution in [-0.4, -0.2) is 138 Å². The number of hydrogen-bond donors (Lipinski definition) is 4. The number of aliphatic hydroxyl groups excluding tert-OH is 1. The minimum absolute atomic E-state index is 0.0616. The van der Waals surface area contributed by atoms with Crippen molar-refractivity contribution in [3.8, 4) is 0 Å². The van der Waals surface area contributed by atoms with Gasteiger partial charge in [-0.15, -0.1) is 0 Å². The largest absolute Gasteiger partial charge is 0.392 e. The maximum absolute atomic E-state index is 12.6. The Balaban J connectivity index is 1.36. The fraction of sp³-hybridized carbons (Fsp3) is 0.606. The SMILES string of the molecule is CC(C)[C@H](NC(=O)CCOCCOCCOCCOCCOCCOCCN1C(=O)C=CC1=O)C(=O)NCC(=O)Nc1ccc(CO)cc1. The molecule has 4 N–H and O–H groups in total. The van der Waals surface area contributed by atoms with E-state index in [0.29, 0.717) is 77.3 Å². The van der Waals surface area contributed by atoms with E-state index in [1.54, 1.807) is 38.1 Å². The number of ether oxygens (including phenoxy) is 6. The summed E-state index contributed by atoms with van der Waals surface area (Å²) in [5.41, 5.74) is 1.25. The molecule has 0 unspecified atom stereocenters. The highest BCUT2D eigenvalue weighted by atomic mass is 16.6. The van der Waals surface area contributed by atoms with E-state index in [2.05, 4.69) is 16.0 Å². The van der Waals surface area contributed by atoms with Crippen LogP contribution in [0.3, 0.4) is 0 Å². The lowest BCUT2D eigenvalue weighted by Gasteiger charge is -2.21. The number of benzene rings is 1. The van der Waals surface area contributed by atoms with Gasteiger partial charge in [-0.2, -0.15) is 0 Å². The Morgan fingerprint density at radius 2 is 1.16 bits per heavy atom. The van der Waals surface area contributed by atoms with Crippen molar-refractivity contribution >= 4 is 35.2 Å². The number of amides is 5. The molecule has 0 spiro atoms. The molecular formula is C33H50N4O12. The minimum Gasteiger partial charge on any atom is -0.392 e. The van der Waals surface area contributed by atoms with Gasteiger partial charge >= 0.3 is 0 Å². The summed E-state index contributed by atoms with van der Waals surface area (Å²) in [6.45, 7) is 7.61. The molecular weight excluding hydrogens is 644 g/mol. The van der Waals surface area contributed by atoms with Gasteiger partial charge in [0, 0.05) is 24.3 Å². The summed E-state index contributed by atoms with van der Waals surface area (Å²) in [4.78, 5) is 61.1. The molecule has 0 radical (unpaired) electrons. The summed E-state index contributed by atoms with van der Waals surface area (Å²) in [5.74, 6) is -2.08. The highest BCUT2D eigenvalue weighted by molar-refractivity contribution is 6.12. The number of carbonyl (C=O) groups excluding carboxylic acids is 5. The minimum atomic E-state index is -0.810. The van der Waals surface area contributed by atoms with Crippen molar-refractivity contribution in [1.82, 2.24) is 15.5 Å². The molecule has 0 aliphatic carbocycles. The van der Waals surface area contributed by atoms with Crippen LogP contribution in [0.1, 0.15) is 25.8 Å². The van der Waals surface area contributed by atoms with Gasteiger partial charge in [0.2, 0.25) is 17.7 Å². The van der Waals surface area contributed by atoms with Crippen LogP contribution in [0.2, 0.25) is 0 Å². The Bertz CT molecular complexity index is 1160. The Morgan fingerprint density at radius 1 is 0.694 bits per heavy atom. The fourth-order valence-electron chi connectivity index (χ4n) is 4.13.